The number of aliphatic carboxylic acids is 1. The number of rotatable bonds is 7. The van der Waals surface area contributed by atoms with E-state index >= 15 is 0 Å². The van der Waals surface area contributed by atoms with Gasteiger partial charge in [0.05, 0.1) is 5.56 Å². The Morgan fingerprint density at radius 3 is 2.71 bits per heavy atom. The molecule has 0 saturated heterocycles. The Balaban J connectivity index is 2.70. The Hall–Kier alpha value is -2.21. The number of benzene rings is 1. The number of carbonyl (C=O) groups is 2. The van der Waals surface area contributed by atoms with Crippen LogP contribution in [0.1, 0.15) is 22.3 Å². The van der Waals surface area contributed by atoms with Crippen molar-refractivity contribution in [3.8, 4) is 0 Å². The molecule has 21 heavy (non-hydrogen) atoms. The van der Waals surface area contributed by atoms with Gasteiger partial charge in [-0.25, -0.2) is 9.18 Å². The third-order valence-electron chi connectivity index (χ3n) is 2.72. The summed E-state index contributed by atoms with van der Waals surface area (Å²) in [6.45, 7) is 1.27. The molecule has 1 aromatic rings. The summed E-state index contributed by atoms with van der Waals surface area (Å²) in [5.41, 5.74) is 0.365. The molecule has 0 saturated carbocycles. The van der Waals surface area contributed by atoms with E-state index in [0.717, 1.165) is 25.1 Å². The van der Waals surface area contributed by atoms with E-state index in [-0.39, 0.29) is 5.56 Å². The minimum atomic E-state index is -1.10. The molecule has 0 atom stereocenters. The highest BCUT2D eigenvalue weighted by Crippen LogP contribution is 2.12. The van der Waals surface area contributed by atoms with Gasteiger partial charge in [-0.2, -0.15) is 0 Å². The van der Waals surface area contributed by atoms with Crippen molar-refractivity contribution in [1.29, 1.82) is 0 Å². The molecule has 1 rings (SSSR count). The lowest BCUT2D eigenvalue weighted by molar-refractivity contribution is -0.131. The smallest absolute Gasteiger partial charge is 0.328 e. The molecular formula is C15H19FN2O3. The van der Waals surface area contributed by atoms with Gasteiger partial charge in [0.25, 0.3) is 5.91 Å². The molecule has 114 valence electrons. The zero-order valence-electron chi connectivity index (χ0n) is 12.1. The van der Waals surface area contributed by atoms with Gasteiger partial charge in [-0.3, -0.25) is 4.79 Å². The van der Waals surface area contributed by atoms with Gasteiger partial charge in [0.1, 0.15) is 5.82 Å². The van der Waals surface area contributed by atoms with Crippen LogP contribution in [0.3, 0.4) is 0 Å². The first-order valence-electron chi connectivity index (χ1n) is 6.53. The van der Waals surface area contributed by atoms with Crippen molar-refractivity contribution in [1.82, 2.24) is 10.2 Å². The summed E-state index contributed by atoms with van der Waals surface area (Å²) in [4.78, 5) is 24.3. The second kappa shape index (κ2) is 8.16. The van der Waals surface area contributed by atoms with Crippen LogP contribution in [-0.2, 0) is 4.79 Å². The summed E-state index contributed by atoms with van der Waals surface area (Å²) >= 11 is 0. The first-order chi connectivity index (χ1) is 9.90. The lowest BCUT2D eigenvalue weighted by Crippen LogP contribution is -2.27. The van der Waals surface area contributed by atoms with Crippen molar-refractivity contribution in [2.24, 2.45) is 0 Å². The van der Waals surface area contributed by atoms with E-state index in [0.29, 0.717) is 12.1 Å². The molecule has 6 heteroatoms. The third kappa shape index (κ3) is 6.18. The summed E-state index contributed by atoms with van der Waals surface area (Å²) in [6, 6.07) is 3.89. The molecule has 0 aliphatic carbocycles. The first kappa shape index (κ1) is 16.8. The average molecular weight is 294 g/mol. The number of carboxylic acid groups (broad SMARTS) is 1. The number of amides is 1. The second-order valence-electron chi connectivity index (χ2n) is 4.82. The highest BCUT2D eigenvalue weighted by Gasteiger charge is 2.11. The van der Waals surface area contributed by atoms with E-state index < -0.39 is 17.7 Å². The van der Waals surface area contributed by atoms with Crippen LogP contribution in [0.2, 0.25) is 0 Å². The van der Waals surface area contributed by atoms with Crippen molar-refractivity contribution in [2.45, 2.75) is 6.42 Å². The van der Waals surface area contributed by atoms with Crippen LogP contribution >= 0.6 is 0 Å². The molecule has 0 aliphatic heterocycles. The normalized spacial score (nSPS) is 11.0. The van der Waals surface area contributed by atoms with E-state index in [1.807, 2.05) is 19.0 Å². The maximum absolute atomic E-state index is 13.6. The van der Waals surface area contributed by atoms with E-state index in [2.05, 4.69) is 5.32 Å². The molecule has 0 radical (unpaired) electrons. The number of nitrogens with zero attached hydrogens (tertiary/aromatic N) is 1. The number of nitrogens with one attached hydrogen (secondary N) is 1. The average Bonchev–Trinajstić information content (AvgIpc) is 2.42. The SMILES string of the molecule is CN(C)CCCNC(=O)c1cc(C=CC(=O)O)ccc1F. The second-order valence-corrected chi connectivity index (χ2v) is 4.82. The number of hydrogen-bond acceptors (Lipinski definition) is 3. The zero-order valence-corrected chi connectivity index (χ0v) is 12.1. The largest absolute Gasteiger partial charge is 0.478 e. The first-order valence-corrected chi connectivity index (χ1v) is 6.53. The fraction of sp³-hybridized carbons (Fsp3) is 0.333. The van der Waals surface area contributed by atoms with Gasteiger partial charge in [-0.1, -0.05) is 6.07 Å². The summed E-state index contributed by atoms with van der Waals surface area (Å²) in [7, 11) is 3.86. The molecule has 5 nitrogen and oxygen atoms in total. The highest BCUT2D eigenvalue weighted by atomic mass is 19.1. The van der Waals surface area contributed by atoms with Crippen molar-refractivity contribution >= 4 is 18.0 Å². The van der Waals surface area contributed by atoms with Crippen LogP contribution < -0.4 is 5.32 Å². The summed E-state index contributed by atoms with van der Waals surface area (Å²) < 4.78 is 13.6. The molecule has 0 aliphatic rings. The standard InChI is InChI=1S/C15H19FN2O3/c1-18(2)9-3-8-17-15(21)12-10-11(4-6-13(12)16)5-7-14(19)20/h4-7,10H,3,8-9H2,1-2H3,(H,17,21)(H,19,20). The predicted molar refractivity (Wildman–Crippen MR) is 78.6 cm³/mol. The Bertz CT molecular complexity index is 542. The summed E-state index contributed by atoms with van der Waals surface area (Å²) in [6.07, 6.45) is 3.01. The molecule has 1 amide bonds. The van der Waals surface area contributed by atoms with E-state index in [4.69, 9.17) is 5.11 Å². The van der Waals surface area contributed by atoms with Crippen LogP contribution in [0.4, 0.5) is 4.39 Å². The van der Waals surface area contributed by atoms with Crippen molar-refractivity contribution in [3.63, 3.8) is 0 Å². The fourth-order valence-corrected chi connectivity index (χ4v) is 1.68. The Morgan fingerprint density at radius 1 is 1.38 bits per heavy atom. The van der Waals surface area contributed by atoms with Gasteiger partial charge in [-0.15, -0.1) is 0 Å². The van der Waals surface area contributed by atoms with E-state index in [1.165, 1.54) is 18.2 Å². The molecule has 0 heterocycles. The molecule has 0 aromatic heterocycles. The van der Waals surface area contributed by atoms with Crippen LogP contribution in [0.25, 0.3) is 6.08 Å². The van der Waals surface area contributed by atoms with Crippen LogP contribution in [0, 0.1) is 5.82 Å². The topological polar surface area (TPSA) is 69.6 Å². The number of carbonyl (C=O) groups excluding carboxylic acids is 1. The maximum atomic E-state index is 13.6. The van der Waals surface area contributed by atoms with Gasteiger partial charge in [0, 0.05) is 12.6 Å². The van der Waals surface area contributed by atoms with Gasteiger partial charge in [0.2, 0.25) is 0 Å². The van der Waals surface area contributed by atoms with Gasteiger partial charge in [-0.05, 0) is 50.8 Å². The molecule has 0 unspecified atom stereocenters. The third-order valence-corrected chi connectivity index (χ3v) is 2.72. The van der Waals surface area contributed by atoms with E-state index in [9.17, 15) is 14.0 Å². The molecule has 1 aromatic carbocycles. The molecule has 0 spiro atoms. The highest BCUT2D eigenvalue weighted by molar-refractivity contribution is 5.95. The summed E-state index contributed by atoms with van der Waals surface area (Å²) in [5.74, 6) is -2.24. The monoisotopic (exact) mass is 294 g/mol. The number of halogens is 1. The lowest BCUT2D eigenvalue weighted by atomic mass is 10.1. The summed E-state index contributed by atoms with van der Waals surface area (Å²) in [5, 5.41) is 11.2. The molecule has 0 bridgehead atoms. The van der Waals surface area contributed by atoms with E-state index in [1.54, 1.807) is 0 Å². The number of carboxylic acids is 1. The maximum Gasteiger partial charge on any atom is 0.328 e. The Kier molecular flexibility index (Phi) is 6.55. The minimum absolute atomic E-state index is 0.0904. The zero-order chi connectivity index (χ0) is 15.8. The predicted octanol–water partition coefficient (Wildman–Crippen LogP) is 1.60. The van der Waals surface area contributed by atoms with Gasteiger partial charge in [0.15, 0.2) is 0 Å². The Morgan fingerprint density at radius 2 is 2.10 bits per heavy atom. The Labute approximate surface area is 123 Å². The van der Waals surface area contributed by atoms with Crippen LogP contribution in [0.5, 0.6) is 0 Å². The quantitative estimate of drug-likeness (QED) is 0.592. The van der Waals surface area contributed by atoms with Crippen LogP contribution in [0.15, 0.2) is 24.3 Å². The van der Waals surface area contributed by atoms with Crippen molar-refractivity contribution in [2.75, 3.05) is 27.2 Å². The minimum Gasteiger partial charge on any atom is -0.478 e. The fourth-order valence-electron chi connectivity index (χ4n) is 1.68. The molecule has 2 N–H and O–H groups in total. The van der Waals surface area contributed by atoms with Crippen molar-refractivity contribution < 1.29 is 19.1 Å². The molecular weight excluding hydrogens is 275 g/mol. The van der Waals surface area contributed by atoms with Gasteiger partial charge >= 0.3 is 5.97 Å². The lowest BCUT2D eigenvalue weighted by Gasteiger charge is -2.10. The van der Waals surface area contributed by atoms with Gasteiger partial charge < -0.3 is 15.3 Å². The van der Waals surface area contributed by atoms with Crippen molar-refractivity contribution in [3.05, 3.63) is 41.2 Å². The van der Waals surface area contributed by atoms with Crippen LogP contribution in [-0.4, -0.2) is 49.1 Å². The number of hydrogen-bond donors (Lipinski definition) is 2. The molecule has 0 fully saturated rings.